The molecule has 1 aliphatic heterocycles. The smallest absolute Gasteiger partial charge is 0.253 e. The molecule has 0 saturated carbocycles. The van der Waals surface area contributed by atoms with E-state index in [4.69, 9.17) is 0 Å². The van der Waals surface area contributed by atoms with Gasteiger partial charge in [0.15, 0.2) is 0 Å². The number of aryl methyl sites for hydroxylation is 1. The fourth-order valence-corrected chi connectivity index (χ4v) is 2.72. The minimum absolute atomic E-state index is 0.139. The van der Waals surface area contributed by atoms with Crippen LogP contribution in [0.25, 0.3) is 0 Å². The van der Waals surface area contributed by atoms with Crippen molar-refractivity contribution in [2.75, 3.05) is 31.1 Å². The van der Waals surface area contributed by atoms with Crippen LogP contribution in [0.15, 0.2) is 48.5 Å². The Labute approximate surface area is 125 Å². The summed E-state index contributed by atoms with van der Waals surface area (Å²) in [7, 11) is 0. The summed E-state index contributed by atoms with van der Waals surface area (Å²) in [6.45, 7) is 5.31. The average Bonchev–Trinajstić information content (AvgIpc) is 2.55. The Kier molecular flexibility index (Phi) is 3.91. The number of hydrogen-bond donors (Lipinski definition) is 0. The van der Waals surface area contributed by atoms with Crippen molar-refractivity contribution in [1.82, 2.24) is 4.90 Å². The maximum absolute atomic E-state index is 12.5. The summed E-state index contributed by atoms with van der Waals surface area (Å²) in [5, 5.41) is 0. The molecule has 2 aromatic rings. The predicted octanol–water partition coefficient (Wildman–Crippen LogP) is 2.76. The first-order chi connectivity index (χ1) is 10.2. The molecule has 0 atom stereocenters. The van der Waals surface area contributed by atoms with Crippen molar-refractivity contribution in [3.05, 3.63) is 65.7 Å². The molecule has 0 unspecified atom stereocenters. The lowest BCUT2D eigenvalue weighted by atomic mass is 10.1. The maximum atomic E-state index is 12.5. The Hall–Kier alpha value is -2.29. The van der Waals surface area contributed by atoms with Crippen molar-refractivity contribution >= 4 is 11.6 Å². The molecule has 1 saturated heterocycles. The van der Waals surface area contributed by atoms with Crippen LogP contribution in [0.2, 0.25) is 0 Å². The van der Waals surface area contributed by atoms with Gasteiger partial charge in [0.1, 0.15) is 0 Å². The molecule has 2 aromatic carbocycles. The van der Waals surface area contributed by atoms with Crippen LogP contribution < -0.4 is 4.90 Å². The summed E-state index contributed by atoms with van der Waals surface area (Å²) in [5.74, 6) is 0.139. The van der Waals surface area contributed by atoms with Gasteiger partial charge in [-0.2, -0.15) is 0 Å². The molecule has 107 valence electrons. The Morgan fingerprint density at radius 3 is 2.43 bits per heavy atom. The zero-order valence-electron chi connectivity index (χ0n) is 12.2. The Morgan fingerprint density at radius 1 is 1.05 bits per heavy atom. The van der Waals surface area contributed by atoms with E-state index < -0.39 is 0 Å². The number of benzene rings is 2. The summed E-state index contributed by atoms with van der Waals surface area (Å²) >= 11 is 0. The Balaban J connectivity index is 1.64. The van der Waals surface area contributed by atoms with E-state index in [1.165, 1.54) is 5.69 Å². The first-order valence-electron chi connectivity index (χ1n) is 7.31. The van der Waals surface area contributed by atoms with Gasteiger partial charge in [0.25, 0.3) is 5.91 Å². The van der Waals surface area contributed by atoms with Gasteiger partial charge in [0.2, 0.25) is 0 Å². The van der Waals surface area contributed by atoms with Gasteiger partial charge < -0.3 is 9.80 Å². The van der Waals surface area contributed by atoms with Crippen LogP contribution in [0.1, 0.15) is 15.9 Å². The molecule has 0 aromatic heterocycles. The lowest BCUT2D eigenvalue weighted by molar-refractivity contribution is 0.0746. The second-order valence-electron chi connectivity index (χ2n) is 5.41. The summed E-state index contributed by atoms with van der Waals surface area (Å²) in [5.41, 5.74) is 3.12. The van der Waals surface area contributed by atoms with Crippen molar-refractivity contribution in [2.24, 2.45) is 0 Å². The van der Waals surface area contributed by atoms with Crippen molar-refractivity contribution in [3.8, 4) is 0 Å². The number of piperazine rings is 1. The van der Waals surface area contributed by atoms with E-state index >= 15 is 0 Å². The maximum Gasteiger partial charge on any atom is 0.253 e. The summed E-state index contributed by atoms with van der Waals surface area (Å²) in [6, 6.07) is 18.8. The molecule has 0 spiro atoms. The fraction of sp³-hybridized carbons (Fsp3) is 0.278. The molecule has 21 heavy (non-hydrogen) atoms. The van der Waals surface area contributed by atoms with Crippen LogP contribution in [0.5, 0.6) is 0 Å². The highest BCUT2D eigenvalue weighted by Gasteiger charge is 2.22. The van der Waals surface area contributed by atoms with Gasteiger partial charge in [0, 0.05) is 37.4 Å². The number of nitrogens with zero attached hydrogens (tertiary/aromatic N) is 2. The molecule has 0 aliphatic carbocycles. The molecular formula is C18H19N2O. The number of rotatable bonds is 2. The minimum atomic E-state index is 0.139. The highest BCUT2D eigenvalue weighted by Crippen LogP contribution is 2.17. The van der Waals surface area contributed by atoms with E-state index in [9.17, 15) is 4.79 Å². The average molecular weight is 279 g/mol. The van der Waals surface area contributed by atoms with E-state index in [0.717, 1.165) is 37.3 Å². The SMILES string of the molecule is Cc1cccc(C(=O)N2CCN(c3cc[c]cc3)CC2)c1. The molecule has 1 amide bonds. The molecule has 3 nitrogen and oxygen atoms in total. The van der Waals surface area contributed by atoms with Crippen LogP contribution in [0.4, 0.5) is 5.69 Å². The van der Waals surface area contributed by atoms with Gasteiger partial charge in [-0.15, -0.1) is 0 Å². The third-order valence-corrected chi connectivity index (χ3v) is 3.90. The van der Waals surface area contributed by atoms with E-state index in [-0.39, 0.29) is 5.91 Å². The lowest BCUT2D eigenvalue weighted by Crippen LogP contribution is -2.48. The topological polar surface area (TPSA) is 23.6 Å². The van der Waals surface area contributed by atoms with Crippen LogP contribution >= 0.6 is 0 Å². The van der Waals surface area contributed by atoms with E-state index in [1.54, 1.807) is 0 Å². The standard InChI is InChI=1S/C18H19N2O/c1-15-6-5-7-16(14-15)18(21)20-12-10-19(11-13-20)17-8-3-2-4-9-17/h3-9,14H,10-13H2,1H3. The van der Waals surface area contributed by atoms with Gasteiger partial charge in [-0.3, -0.25) is 4.79 Å². The van der Waals surface area contributed by atoms with Gasteiger partial charge >= 0.3 is 0 Å². The van der Waals surface area contributed by atoms with E-state index in [2.05, 4.69) is 23.1 Å². The molecule has 1 aliphatic rings. The zero-order chi connectivity index (χ0) is 14.7. The zero-order valence-corrected chi connectivity index (χ0v) is 12.2. The Bertz CT molecular complexity index is 616. The predicted molar refractivity (Wildman–Crippen MR) is 84.6 cm³/mol. The third kappa shape index (κ3) is 3.07. The second-order valence-corrected chi connectivity index (χ2v) is 5.41. The minimum Gasteiger partial charge on any atom is -0.368 e. The third-order valence-electron chi connectivity index (χ3n) is 3.90. The van der Waals surface area contributed by atoms with Gasteiger partial charge in [-0.25, -0.2) is 0 Å². The molecule has 0 bridgehead atoms. The highest BCUT2D eigenvalue weighted by molar-refractivity contribution is 5.94. The largest absolute Gasteiger partial charge is 0.368 e. The van der Waals surface area contributed by atoms with E-state index in [0.29, 0.717) is 0 Å². The van der Waals surface area contributed by atoms with Crippen LogP contribution in [0, 0.1) is 13.0 Å². The monoisotopic (exact) mass is 279 g/mol. The van der Waals surface area contributed by atoms with E-state index in [1.807, 2.05) is 48.2 Å². The fourth-order valence-electron chi connectivity index (χ4n) is 2.72. The molecule has 1 fully saturated rings. The van der Waals surface area contributed by atoms with Crippen molar-refractivity contribution < 1.29 is 4.79 Å². The van der Waals surface area contributed by atoms with Crippen LogP contribution in [-0.2, 0) is 0 Å². The first-order valence-corrected chi connectivity index (χ1v) is 7.31. The second kappa shape index (κ2) is 6.00. The first kappa shape index (κ1) is 13.7. The molecule has 3 rings (SSSR count). The van der Waals surface area contributed by atoms with Crippen molar-refractivity contribution in [2.45, 2.75) is 6.92 Å². The highest BCUT2D eigenvalue weighted by atomic mass is 16.2. The van der Waals surface area contributed by atoms with Gasteiger partial charge in [0.05, 0.1) is 0 Å². The van der Waals surface area contributed by atoms with Crippen LogP contribution in [-0.4, -0.2) is 37.0 Å². The Morgan fingerprint density at radius 2 is 1.76 bits per heavy atom. The van der Waals surface area contributed by atoms with Crippen LogP contribution in [0.3, 0.4) is 0 Å². The van der Waals surface area contributed by atoms with Gasteiger partial charge in [-0.1, -0.05) is 29.8 Å². The lowest BCUT2D eigenvalue weighted by Gasteiger charge is -2.36. The summed E-state index contributed by atoms with van der Waals surface area (Å²) in [6.07, 6.45) is 0. The number of carbonyl (C=O) groups is 1. The summed E-state index contributed by atoms with van der Waals surface area (Å²) < 4.78 is 0. The van der Waals surface area contributed by atoms with Gasteiger partial charge in [-0.05, 0) is 37.3 Å². The molecule has 1 radical (unpaired) electrons. The van der Waals surface area contributed by atoms with Crippen molar-refractivity contribution in [3.63, 3.8) is 0 Å². The molecular weight excluding hydrogens is 260 g/mol. The molecule has 0 N–H and O–H groups in total. The molecule has 3 heteroatoms. The van der Waals surface area contributed by atoms with Crippen molar-refractivity contribution in [1.29, 1.82) is 0 Å². The quantitative estimate of drug-likeness (QED) is 0.844. The number of amides is 1. The number of carbonyl (C=O) groups excluding carboxylic acids is 1. The summed E-state index contributed by atoms with van der Waals surface area (Å²) in [4.78, 5) is 16.8. The molecule has 1 heterocycles. The normalized spacial score (nSPS) is 15.1. The number of hydrogen-bond acceptors (Lipinski definition) is 2. The number of anilines is 1.